The lowest BCUT2D eigenvalue weighted by atomic mass is 10.1. The van der Waals surface area contributed by atoms with E-state index in [1.54, 1.807) is 18.3 Å². The molecule has 3 rings (SSSR count). The minimum Gasteiger partial charge on any atom is -0.395 e. The largest absolute Gasteiger partial charge is 0.395 e. The average molecular weight is 415 g/mol. The number of hydrogen-bond acceptors (Lipinski definition) is 7. The number of anilines is 3. The highest BCUT2D eigenvalue weighted by molar-refractivity contribution is 5.93. The number of alkyl halides is 1. The highest BCUT2D eigenvalue weighted by Gasteiger charge is 2.18. The van der Waals surface area contributed by atoms with E-state index in [0.29, 0.717) is 33.8 Å². The van der Waals surface area contributed by atoms with Gasteiger partial charge in [-0.25, -0.2) is 14.4 Å². The first-order valence-electron chi connectivity index (χ1n) is 9.63. The van der Waals surface area contributed by atoms with Crippen molar-refractivity contribution in [3.05, 3.63) is 52.6 Å². The molecule has 0 spiro atoms. The van der Waals surface area contributed by atoms with Crippen LogP contribution in [-0.4, -0.2) is 43.5 Å². The summed E-state index contributed by atoms with van der Waals surface area (Å²) in [4.78, 5) is 21.7. The number of aromatic nitrogens is 3. The molecule has 160 valence electrons. The number of aliphatic hydroxyl groups is 2. The molecule has 1 atom stereocenters. The van der Waals surface area contributed by atoms with E-state index in [1.165, 1.54) is 22.9 Å². The number of aliphatic hydroxyl groups excluding tert-OH is 2. The predicted molar refractivity (Wildman–Crippen MR) is 115 cm³/mol. The van der Waals surface area contributed by atoms with Gasteiger partial charge in [-0.05, 0) is 56.0 Å². The minimum atomic E-state index is -1.50. The number of halogens is 1. The third-order valence-corrected chi connectivity index (χ3v) is 4.36. The summed E-state index contributed by atoms with van der Waals surface area (Å²) in [6.45, 7) is 5.30. The molecule has 30 heavy (non-hydrogen) atoms. The third-order valence-electron chi connectivity index (χ3n) is 4.36. The smallest absolute Gasteiger partial charge is 0.262 e. The van der Waals surface area contributed by atoms with Crippen molar-refractivity contribution in [2.24, 2.45) is 0 Å². The van der Waals surface area contributed by atoms with Gasteiger partial charge in [0.15, 0.2) is 0 Å². The molecule has 0 amide bonds. The van der Waals surface area contributed by atoms with Crippen molar-refractivity contribution in [3.63, 3.8) is 0 Å². The van der Waals surface area contributed by atoms with Crippen LogP contribution in [0.3, 0.4) is 0 Å². The summed E-state index contributed by atoms with van der Waals surface area (Å²) >= 11 is 0. The Bertz CT molecular complexity index is 1090. The van der Waals surface area contributed by atoms with Crippen molar-refractivity contribution in [1.29, 1.82) is 0 Å². The Morgan fingerprint density at radius 3 is 2.63 bits per heavy atom. The van der Waals surface area contributed by atoms with Gasteiger partial charge in [-0.2, -0.15) is 0 Å². The first-order valence-corrected chi connectivity index (χ1v) is 9.63. The van der Waals surface area contributed by atoms with Gasteiger partial charge in [0.2, 0.25) is 0 Å². The Balaban J connectivity index is 2.08. The van der Waals surface area contributed by atoms with Crippen molar-refractivity contribution in [3.8, 4) is 0 Å². The number of nitrogens with one attached hydrogen (secondary N) is 2. The topological polar surface area (TPSA) is 112 Å². The highest BCUT2D eigenvalue weighted by Crippen LogP contribution is 2.27. The Hall–Kier alpha value is -3.04. The number of fused-ring (bicyclic) bond motifs is 1. The quantitative estimate of drug-likeness (QED) is 0.469. The molecule has 4 N–H and O–H groups in total. The Morgan fingerprint density at radius 1 is 1.20 bits per heavy atom. The molecular weight excluding hydrogens is 389 g/mol. The fourth-order valence-corrected chi connectivity index (χ4v) is 3.04. The number of pyridine rings is 3. The second-order valence-corrected chi connectivity index (χ2v) is 7.98. The monoisotopic (exact) mass is 415 g/mol. The van der Waals surface area contributed by atoms with E-state index in [9.17, 15) is 14.3 Å². The second kappa shape index (κ2) is 8.76. The molecule has 0 aromatic carbocycles. The standard InChI is InChI=1S/C21H26FN5O3/c1-21(2,3)26-19-18-14(5-7-27(8-9-28)20(18)30)11-17(25-19)24-16-10-13(4-6-23-16)15(22)12-29/h4-7,10-11,15,28-29H,8-9,12H2,1-3H3,(H2,23,24,25,26). The van der Waals surface area contributed by atoms with Crippen LogP contribution in [0, 0.1) is 0 Å². The van der Waals surface area contributed by atoms with E-state index >= 15 is 0 Å². The first kappa shape index (κ1) is 21.7. The molecule has 3 aromatic rings. The van der Waals surface area contributed by atoms with Crippen LogP contribution in [0.25, 0.3) is 10.8 Å². The lowest BCUT2D eigenvalue weighted by Gasteiger charge is -2.23. The molecule has 0 aliphatic rings. The van der Waals surface area contributed by atoms with Crippen LogP contribution >= 0.6 is 0 Å². The molecular formula is C21H26FN5O3. The van der Waals surface area contributed by atoms with Crippen LogP contribution < -0.4 is 16.2 Å². The van der Waals surface area contributed by atoms with Crippen LogP contribution in [0.2, 0.25) is 0 Å². The molecule has 9 heteroatoms. The summed E-state index contributed by atoms with van der Waals surface area (Å²) in [6.07, 6.45) is 1.57. The summed E-state index contributed by atoms with van der Waals surface area (Å²) in [5, 5.41) is 25.6. The fourth-order valence-electron chi connectivity index (χ4n) is 3.04. The van der Waals surface area contributed by atoms with Gasteiger partial charge in [0.25, 0.3) is 5.56 Å². The van der Waals surface area contributed by atoms with Crippen molar-refractivity contribution >= 4 is 28.2 Å². The van der Waals surface area contributed by atoms with Gasteiger partial charge < -0.3 is 25.4 Å². The molecule has 0 bridgehead atoms. The summed E-state index contributed by atoms with van der Waals surface area (Å²) in [6, 6.07) is 6.49. The van der Waals surface area contributed by atoms with E-state index < -0.39 is 12.8 Å². The summed E-state index contributed by atoms with van der Waals surface area (Å²) in [7, 11) is 0. The van der Waals surface area contributed by atoms with E-state index in [-0.39, 0.29) is 24.2 Å². The molecule has 8 nitrogen and oxygen atoms in total. The van der Waals surface area contributed by atoms with E-state index in [1.807, 2.05) is 20.8 Å². The van der Waals surface area contributed by atoms with Crippen LogP contribution in [0.1, 0.15) is 32.5 Å². The van der Waals surface area contributed by atoms with Gasteiger partial charge in [-0.1, -0.05) is 0 Å². The number of nitrogens with zero attached hydrogens (tertiary/aromatic N) is 3. The lowest BCUT2D eigenvalue weighted by Crippen LogP contribution is -2.29. The molecule has 0 aliphatic heterocycles. The molecule has 0 aliphatic carbocycles. The van der Waals surface area contributed by atoms with Crippen molar-refractivity contribution in [1.82, 2.24) is 14.5 Å². The first-order chi connectivity index (χ1) is 14.2. The highest BCUT2D eigenvalue weighted by atomic mass is 19.1. The molecule has 0 fully saturated rings. The second-order valence-electron chi connectivity index (χ2n) is 7.98. The Morgan fingerprint density at radius 2 is 1.97 bits per heavy atom. The molecule has 0 saturated carbocycles. The predicted octanol–water partition coefficient (Wildman–Crippen LogP) is 2.74. The maximum absolute atomic E-state index is 13.8. The molecule has 0 radical (unpaired) electrons. The lowest BCUT2D eigenvalue weighted by molar-refractivity contribution is 0.180. The average Bonchev–Trinajstić information content (AvgIpc) is 2.68. The van der Waals surface area contributed by atoms with Gasteiger partial charge in [0, 0.05) is 24.5 Å². The van der Waals surface area contributed by atoms with Crippen molar-refractivity contribution in [2.45, 2.75) is 39.0 Å². The zero-order chi connectivity index (χ0) is 21.9. The van der Waals surface area contributed by atoms with Gasteiger partial charge in [-0.15, -0.1) is 0 Å². The fraction of sp³-hybridized carbons (Fsp3) is 0.381. The summed E-state index contributed by atoms with van der Waals surface area (Å²) < 4.78 is 15.2. The zero-order valence-electron chi connectivity index (χ0n) is 17.2. The van der Waals surface area contributed by atoms with E-state index in [0.717, 1.165) is 0 Å². The van der Waals surface area contributed by atoms with Gasteiger partial charge >= 0.3 is 0 Å². The third kappa shape index (κ3) is 4.92. The zero-order valence-corrected chi connectivity index (χ0v) is 17.2. The Labute approximate surface area is 173 Å². The van der Waals surface area contributed by atoms with Crippen molar-refractivity contribution in [2.75, 3.05) is 23.8 Å². The van der Waals surface area contributed by atoms with E-state index in [4.69, 9.17) is 5.11 Å². The summed E-state index contributed by atoms with van der Waals surface area (Å²) in [5.41, 5.74) is -0.310. The maximum Gasteiger partial charge on any atom is 0.262 e. The van der Waals surface area contributed by atoms with Crippen LogP contribution in [0.5, 0.6) is 0 Å². The minimum absolute atomic E-state index is 0.147. The van der Waals surface area contributed by atoms with Crippen LogP contribution in [0.15, 0.2) is 41.5 Å². The van der Waals surface area contributed by atoms with Crippen LogP contribution in [-0.2, 0) is 6.54 Å². The van der Waals surface area contributed by atoms with Gasteiger partial charge in [0.05, 0.1) is 18.6 Å². The maximum atomic E-state index is 13.8. The van der Waals surface area contributed by atoms with Gasteiger partial charge in [0.1, 0.15) is 23.6 Å². The van der Waals surface area contributed by atoms with Gasteiger partial charge in [-0.3, -0.25) is 4.79 Å². The molecule has 3 heterocycles. The molecule has 0 saturated heterocycles. The summed E-state index contributed by atoms with van der Waals surface area (Å²) in [5.74, 6) is 1.19. The SMILES string of the molecule is CC(C)(C)Nc1nc(Nc2cc(C(F)CO)ccn2)cc2ccn(CCO)c(=O)c12. The number of rotatable bonds is 7. The van der Waals surface area contributed by atoms with E-state index in [2.05, 4.69) is 20.6 Å². The molecule has 1 unspecified atom stereocenters. The normalized spacial score (nSPS) is 12.7. The molecule has 3 aromatic heterocycles. The van der Waals surface area contributed by atoms with Crippen molar-refractivity contribution < 1.29 is 14.6 Å². The van der Waals surface area contributed by atoms with Crippen LogP contribution in [0.4, 0.5) is 21.8 Å². The Kier molecular flexibility index (Phi) is 6.33. The number of hydrogen-bond donors (Lipinski definition) is 4.